The zero-order chi connectivity index (χ0) is 25.1. The van der Waals surface area contributed by atoms with Crippen LogP contribution >= 0.6 is 23.2 Å². The lowest BCUT2D eigenvalue weighted by molar-refractivity contribution is -0.139. The molecule has 188 valence electrons. The Kier molecular flexibility index (Phi) is 8.83. The second-order valence-corrected chi connectivity index (χ2v) is 11.1. The minimum absolute atomic E-state index is 0.0593. The highest BCUT2D eigenvalue weighted by molar-refractivity contribution is 6.45. The van der Waals surface area contributed by atoms with Crippen LogP contribution in [0.1, 0.15) is 50.3 Å². The fourth-order valence-corrected chi connectivity index (χ4v) is 5.87. The first-order valence-corrected chi connectivity index (χ1v) is 13.5. The monoisotopic (exact) mass is 515 g/mol. The van der Waals surface area contributed by atoms with Crippen molar-refractivity contribution in [3.63, 3.8) is 0 Å². The Bertz CT molecular complexity index is 935. The zero-order valence-electron chi connectivity index (χ0n) is 20.9. The lowest BCUT2D eigenvalue weighted by atomic mass is 9.80. The maximum absolute atomic E-state index is 13.3. The van der Waals surface area contributed by atoms with Crippen molar-refractivity contribution in [2.24, 2.45) is 5.92 Å². The minimum atomic E-state index is -0.408. The highest BCUT2D eigenvalue weighted by Crippen LogP contribution is 2.35. The van der Waals surface area contributed by atoms with Crippen molar-refractivity contribution in [1.29, 1.82) is 0 Å². The molecule has 0 saturated carbocycles. The predicted molar refractivity (Wildman–Crippen MR) is 145 cm³/mol. The number of piperidine rings is 1. The second-order valence-electron chi connectivity index (χ2n) is 10.3. The van der Waals surface area contributed by atoms with Crippen molar-refractivity contribution in [3.05, 3.63) is 69.7 Å². The van der Waals surface area contributed by atoms with Crippen LogP contribution in [0.25, 0.3) is 0 Å². The summed E-state index contributed by atoms with van der Waals surface area (Å²) in [5.41, 5.74) is 2.36. The van der Waals surface area contributed by atoms with Gasteiger partial charge < -0.3 is 14.7 Å². The molecule has 0 radical (unpaired) electrons. The molecule has 2 saturated heterocycles. The largest absolute Gasteiger partial charge is 0.437 e. The van der Waals surface area contributed by atoms with Crippen molar-refractivity contribution < 1.29 is 9.82 Å². The Morgan fingerprint density at radius 1 is 0.943 bits per heavy atom. The molecule has 2 aromatic carbocycles. The fraction of sp³-hybridized carbons (Fsp3) is 0.519. The van der Waals surface area contributed by atoms with Crippen molar-refractivity contribution in [2.45, 2.75) is 58.1 Å². The zero-order valence-corrected chi connectivity index (χ0v) is 22.4. The number of amides is 1. The summed E-state index contributed by atoms with van der Waals surface area (Å²) in [7, 11) is -0.408. The number of carbonyl (C=O) groups is 1. The van der Waals surface area contributed by atoms with Gasteiger partial charge in [-0.25, -0.2) is 0 Å². The Balaban J connectivity index is 1.47. The number of nitrogens with zero attached hydrogens (tertiary/aromatic N) is 3. The van der Waals surface area contributed by atoms with Crippen LogP contribution in [0.15, 0.2) is 48.5 Å². The number of carbonyl (C=O) groups excluding carboxylic acids is 1. The van der Waals surface area contributed by atoms with Gasteiger partial charge in [0.05, 0.1) is 6.04 Å². The molecule has 5 nitrogen and oxygen atoms in total. The third kappa shape index (κ3) is 6.42. The Morgan fingerprint density at radius 3 is 1.94 bits per heavy atom. The van der Waals surface area contributed by atoms with E-state index in [0.717, 1.165) is 42.5 Å². The fourth-order valence-electron chi connectivity index (χ4n) is 5.62. The molecule has 0 unspecified atom stereocenters. The number of hydrogen-bond donors (Lipinski definition) is 1. The van der Waals surface area contributed by atoms with Gasteiger partial charge in [0.25, 0.3) is 0 Å². The summed E-state index contributed by atoms with van der Waals surface area (Å²) in [4.78, 5) is 20.0. The molecule has 2 aromatic rings. The normalized spacial score (nSPS) is 22.5. The molecule has 2 aliphatic heterocycles. The Hall–Kier alpha value is -1.57. The second kappa shape index (κ2) is 11.7. The van der Waals surface area contributed by atoms with Crippen LogP contribution in [0.2, 0.25) is 16.9 Å². The minimum Gasteiger partial charge on any atom is -0.437 e. The Labute approximate surface area is 220 Å². The maximum atomic E-state index is 13.3. The number of piperazine rings is 1. The van der Waals surface area contributed by atoms with Gasteiger partial charge in [-0.15, -0.1) is 0 Å². The summed E-state index contributed by atoms with van der Waals surface area (Å²) in [5.74, 6) is 0.656. The standard InChI is InChI=1S/C27H36BCl2N3O2/c1-19-18-33(27(22-4-8-24(29)9-5-22)23-6-10-25(30)11-7-23)20(2)17-32(19)26(34)16-21-12-14-31(15-13-21)28(3)35/h4-11,19-21,27,35H,12-18H2,1-3H3/t19-,20+/m0/s1. The molecule has 2 atom stereocenters. The van der Waals surface area contributed by atoms with E-state index in [0.29, 0.717) is 18.9 Å². The molecule has 0 spiro atoms. The molecule has 4 rings (SSSR count). The first-order chi connectivity index (χ1) is 16.7. The van der Waals surface area contributed by atoms with Gasteiger partial charge >= 0.3 is 7.05 Å². The van der Waals surface area contributed by atoms with Crippen LogP contribution in [0.4, 0.5) is 0 Å². The predicted octanol–water partition coefficient (Wildman–Crippen LogP) is 5.22. The van der Waals surface area contributed by atoms with Gasteiger partial charge in [0.1, 0.15) is 0 Å². The van der Waals surface area contributed by atoms with Crippen molar-refractivity contribution in [3.8, 4) is 0 Å². The van der Waals surface area contributed by atoms with Gasteiger partial charge in [0, 0.05) is 41.6 Å². The molecular formula is C27H36BCl2N3O2. The number of rotatable bonds is 6. The van der Waals surface area contributed by atoms with Gasteiger partial charge in [-0.3, -0.25) is 9.69 Å². The molecular weight excluding hydrogens is 480 g/mol. The van der Waals surface area contributed by atoms with Gasteiger partial charge in [0.2, 0.25) is 5.91 Å². The molecule has 0 aromatic heterocycles. The van der Waals surface area contributed by atoms with Crippen LogP contribution in [0.3, 0.4) is 0 Å². The highest BCUT2D eigenvalue weighted by Gasteiger charge is 2.37. The van der Waals surface area contributed by atoms with Crippen molar-refractivity contribution >= 4 is 36.2 Å². The molecule has 0 aliphatic carbocycles. The van der Waals surface area contributed by atoms with Crippen molar-refractivity contribution in [2.75, 3.05) is 26.2 Å². The molecule has 1 amide bonds. The van der Waals surface area contributed by atoms with E-state index < -0.39 is 7.05 Å². The lowest BCUT2D eigenvalue weighted by Crippen LogP contribution is -2.59. The molecule has 2 heterocycles. The van der Waals surface area contributed by atoms with E-state index in [1.54, 1.807) is 0 Å². The van der Waals surface area contributed by atoms with Crippen LogP contribution in [0.5, 0.6) is 0 Å². The average molecular weight is 516 g/mol. The molecule has 1 N–H and O–H groups in total. The molecule has 2 aliphatic rings. The number of hydrogen-bond acceptors (Lipinski definition) is 4. The maximum Gasteiger partial charge on any atom is 0.376 e. The average Bonchev–Trinajstić information content (AvgIpc) is 2.83. The summed E-state index contributed by atoms with van der Waals surface area (Å²) in [6.07, 6.45) is 2.54. The lowest BCUT2D eigenvalue weighted by Gasteiger charge is -2.48. The number of benzene rings is 2. The van der Waals surface area contributed by atoms with E-state index in [2.05, 4.69) is 52.7 Å². The Morgan fingerprint density at radius 2 is 1.46 bits per heavy atom. The van der Waals surface area contributed by atoms with E-state index in [1.807, 2.05) is 31.1 Å². The van der Waals surface area contributed by atoms with Gasteiger partial charge in [-0.1, -0.05) is 47.5 Å². The van der Waals surface area contributed by atoms with Crippen LogP contribution in [0, 0.1) is 5.92 Å². The van der Waals surface area contributed by atoms with Crippen molar-refractivity contribution in [1.82, 2.24) is 14.6 Å². The first-order valence-electron chi connectivity index (χ1n) is 12.7. The van der Waals surface area contributed by atoms with E-state index in [9.17, 15) is 9.82 Å². The SMILES string of the molecule is CB(O)N1CCC(CC(=O)N2C[C@@H](C)N(C(c3ccc(Cl)cc3)c3ccc(Cl)cc3)C[C@@H]2C)CC1. The van der Waals surface area contributed by atoms with Gasteiger partial charge in [0.15, 0.2) is 0 Å². The molecule has 35 heavy (non-hydrogen) atoms. The summed E-state index contributed by atoms with van der Waals surface area (Å²) < 4.78 is 0. The van der Waals surface area contributed by atoms with Crippen LogP contribution in [-0.2, 0) is 4.79 Å². The topological polar surface area (TPSA) is 47.0 Å². The number of halogens is 2. The summed E-state index contributed by atoms with van der Waals surface area (Å²) in [6, 6.07) is 16.5. The van der Waals surface area contributed by atoms with Crippen LogP contribution in [-0.4, -0.2) is 70.9 Å². The van der Waals surface area contributed by atoms with E-state index in [4.69, 9.17) is 23.2 Å². The third-order valence-corrected chi connectivity index (χ3v) is 8.20. The summed E-state index contributed by atoms with van der Waals surface area (Å²) in [5, 5.41) is 11.3. The smallest absolute Gasteiger partial charge is 0.376 e. The summed E-state index contributed by atoms with van der Waals surface area (Å²) in [6.45, 7) is 9.42. The molecule has 2 fully saturated rings. The first kappa shape index (κ1) is 26.5. The molecule has 8 heteroatoms. The van der Waals surface area contributed by atoms with E-state index >= 15 is 0 Å². The van der Waals surface area contributed by atoms with Crippen LogP contribution < -0.4 is 0 Å². The third-order valence-electron chi connectivity index (χ3n) is 7.70. The molecule has 0 bridgehead atoms. The summed E-state index contributed by atoms with van der Waals surface area (Å²) >= 11 is 12.4. The van der Waals surface area contributed by atoms with Gasteiger partial charge in [-0.2, -0.15) is 0 Å². The van der Waals surface area contributed by atoms with Gasteiger partial charge in [-0.05, 0) is 87.9 Å². The van der Waals surface area contributed by atoms with E-state index in [-0.39, 0.29) is 24.0 Å². The quantitative estimate of drug-likeness (QED) is 0.536. The highest BCUT2D eigenvalue weighted by atomic mass is 35.5. The van der Waals surface area contributed by atoms with E-state index in [1.165, 1.54) is 11.1 Å².